The van der Waals surface area contributed by atoms with Crippen LogP contribution >= 0.6 is 11.8 Å². The average Bonchev–Trinajstić information content (AvgIpc) is 2.39. The van der Waals surface area contributed by atoms with Gasteiger partial charge in [0.25, 0.3) is 0 Å². The van der Waals surface area contributed by atoms with Gasteiger partial charge in [0, 0.05) is 5.69 Å². The molecule has 0 aliphatic heterocycles. The van der Waals surface area contributed by atoms with Crippen molar-refractivity contribution in [3.63, 3.8) is 0 Å². The summed E-state index contributed by atoms with van der Waals surface area (Å²) in [5.74, 6) is 0.181. The number of allylic oxidation sites excluding steroid dienone is 2. The standard InChI is InChI=1S/C14H17NO4S/c1-9(16)14(10(2)17)20-8-13(18)15-11-4-6-12(19-3)7-5-11/h4-7,16H,8H2,1-3H3,(H,15,18)/b14-9+. The molecule has 1 aromatic carbocycles. The quantitative estimate of drug-likeness (QED) is 0.623. The molecule has 0 aliphatic rings. The van der Waals surface area contributed by atoms with Crippen LogP contribution in [0.5, 0.6) is 5.75 Å². The minimum absolute atomic E-state index is 0.0544. The molecule has 20 heavy (non-hydrogen) atoms. The molecule has 108 valence electrons. The van der Waals surface area contributed by atoms with E-state index in [-0.39, 0.29) is 28.1 Å². The molecule has 5 nitrogen and oxygen atoms in total. The number of Topliss-reactive ketones (excluding diaryl/α,β-unsaturated/α-hetero) is 1. The molecule has 0 unspecified atom stereocenters. The van der Waals surface area contributed by atoms with Crippen LogP contribution in [0.15, 0.2) is 34.9 Å². The molecule has 0 atom stereocenters. The number of benzene rings is 1. The molecule has 0 spiro atoms. The van der Waals surface area contributed by atoms with Gasteiger partial charge in [-0.1, -0.05) is 0 Å². The van der Waals surface area contributed by atoms with Crippen molar-refractivity contribution in [3.05, 3.63) is 34.9 Å². The first-order valence-corrected chi connectivity index (χ1v) is 6.90. The Morgan fingerprint density at radius 3 is 2.30 bits per heavy atom. The molecule has 0 heterocycles. The SMILES string of the molecule is COc1ccc(NC(=O)CS/C(C(C)=O)=C(\C)O)cc1. The van der Waals surface area contributed by atoms with Crippen LogP contribution in [0.25, 0.3) is 0 Å². The maximum absolute atomic E-state index is 11.7. The maximum atomic E-state index is 11.7. The predicted molar refractivity (Wildman–Crippen MR) is 80.1 cm³/mol. The van der Waals surface area contributed by atoms with Crippen LogP contribution in [0.1, 0.15) is 13.8 Å². The van der Waals surface area contributed by atoms with Gasteiger partial charge in [-0.3, -0.25) is 9.59 Å². The van der Waals surface area contributed by atoms with E-state index < -0.39 is 0 Å². The Kier molecular flexibility index (Phi) is 6.11. The van der Waals surface area contributed by atoms with Gasteiger partial charge in [0.05, 0.1) is 17.8 Å². The highest BCUT2D eigenvalue weighted by Crippen LogP contribution is 2.20. The summed E-state index contributed by atoms with van der Waals surface area (Å²) in [6, 6.07) is 6.92. The lowest BCUT2D eigenvalue weighted by molar-refractivity contribution is -0.114. The predicted octanol–water partition coefficient (Wildman–Crippen LogP) is 2.75. The zero-order chi connectivity index (χ0) is 15.1. The molecular weight excluding hydrogens is 278 g/mol. The highest BCUT2D eigenvalue weighted by molar-refractivity contribution is 8.04. The zero-order valence-electron chi connectivity index (χ0n) is 11.6. The van der Waals surface area contributed by atoms with Crippen LogP contribution < -0.4 is 10.1 Å². The van der Waals surface area contributed by atoms with E-state index in [1.807, 2.05) is 0 Å². The summed E-state index contributed by atoms with van der Waals surface area (Å²) in [6.45, 7) is 2.77. The number of hydrogen-bond donors (Lipinski definition) is 2. The van der Waals surface area contributed by atoms with E-state index in [2.05, 4.69) is 5.32 Å². The Morgan fingerprint density at radius 2 is 1.85 bits per heavy atom. The summed E-state index contributed by atoms with van der Waals surface area (Å²) >= 11 is 1.02. The number of hydrogen-bond acceptors (Lipinski definition) is 5. The molecule has 1 aromatic rings. The van der Waals surface area contributed by atoms with E-state index in [0.29, 0.717) is 11.4 Å². The molecule has 6 heteroatoms. The van der Waals surface area contributed by atoms with E-state index in [0.717, 1.165) is 11.8 Å². The van der Waals surface area contributed by atoms with Crippen LogP contribution in [0.4, 0.5) is 5.69 Å². The minimum Gasteiger partial charge on any atom is -0.511 e. The van der Waals surface area contributed by atoms with Crippen molar-refractivity contribution in [3.8, 4) is 5.75 Å². The highest BCUT2D eigenvalue weighted by Gasteiger charge is 2.12. The van der Waals surface area contributed by atoms with Crippen molar-refractivity contribution in [2.45, 2.75) is 13.8 Å². The van der Waals surface area contributed by atoms with Crippen LogP contribution in [-0.4, -0.2) is 29.7 Å². The Morgan fingerprint density at radius 1 is 1.25 bits per heavy atom. The van der Waals surface area contributed by atoms with E-state index in [4.69, 9.17) is 4.74 Å². The fraction of sp³-hybridized carbons (Fsp3) is 0.286. The summed E-state index contributed by atoms with van der Waals surface area (Å²) in [5, 5.41) is 12.0. The lowest BCUT2D eigenvalue weighted by Crippen LogP contribution is -2.15. The second-order valence-corrected chi connectivity index (χ2v) is 5.02. The number of thioether (sulfide) groups is 1. The smallest absolute Gasteiger partial charge is 0.234 e. The topological polar surface area (TPSA) is 75.6 Å². The number of anilines is 1. The van der Waals surface area contributed by atoms with Gasteiger partial charge < -0.3 is 15.2 Å². The number of ketones is 1. The Hall–Kier alpha value is -1.95. The number of methoxy groups -OCH3 is 1. The summed E-state index contributed by atoms with van der Waals surface area (Å²) < 4.78 is 5.02. The molecule has 0 aliphatic carbocycles. The van der Waals surface area contributed by atoms with E-state index >= 15 is 0 Å². The molecule has 2 N–H and O–H groups in total. The van der Waals surface area contributed by atoms with Crippen molar-refractivity contribution in [1.29, 1.82) is 0 Å². The van der Waals surface area contributed by atoms with E-state index in [1.165, 1.54) is 13.8 Å². The summed E-state index contributed by atoms with van der Waals surface area (Å²) in [6.07, 6.45) is 0. The molecule has 1 rings (SSSR count). The van der Waals surface area contributed by atoms with Crippen LogP contribution in [-0.2, 0) is 9.59 Å². The number of carbonyl (C=O) groups is 2. The van der Waals surface area contributed by atoms with E-state index in [1.54, 1.807) is 31.4 Å². The number of aliphatic hydroxyl groups excluding tert-OH is 1. The minimum atomic E-state index is -0.257. The van der Waals surface area contributed by atoms with Gasteiger partial charge in [0.1, 0.15) is 11.5 Å². The third kappa shape index (κ3) is 4.97. The van der Waals surface area contributed by atoms with Crippen molar-refractivity contribution in [1.82, 2.24) is 0 Å². The van der Waals surface area contributed by atoms with Crippen molar-refractivity contribution in [2.24, 2.45) is 0 Å². The molecule has 0 aromatic heterocycles. The first-order chi connectivity index (χ1) is 9.43. The summed E-state index contributed by atoms with van der Waals surface area (Å²) in [5.41, 5.74) is 0.644. The highest BCUT2D eigenvalue weighted by atomic mass is 32.2. The number of rotatable bonds is 6. The maximum Gasteiger partial charge on any atom is 0.234 e. The number of aliphatic hydroxyl groups is 1. The lowest BCUT2D eigenvalue weighted by Gasteiger charge is -2.07. The number of ether oxygens (including phenoxy) is 1. The first-order valence-electron chi connectivity index (χ1n) is 5.91. The normalized spacial score (nSPS) is 11.6. The molecule has 0 saturated carbocycles. The van der Waals surface area contributed by atoms with Crippen LogP contribution in [0, 0.1) is 0 Å². The number of nitrogens with one attached hydrogen (secondary N) is 1. The van der Waals surface area contributed by atoms with Gasteiger partial charge in [0.15, 0.2) is 5.78 Å². The van der Waals surface area contributed by atoms with Gasteiger partial charge in [-0.05, 0) is 38.1 Å². The van der Waals surface area contributed by atoms with Crippen LogP contribution in [0.2, 0.25) is 0 Å². The van der Waals surface area contributed by atoms with E-state index in [9.17, 15) is 14.7 Å². The average molecular weight is 295 g/mol. The van der Waals surface area contributed by atoms with Crippen molar-refractivity contribution in [2.75, 3.05) is 18.2 Å². The van der Waals surface area contributed by atoms with Gasteiger partial charge in [0.2, 0.25) is 5.91 Å². The molecule has 0 fully saturated rings. The molecule has 0 radical (unpaired) electrons. The fourth-order valence-corrected chi connectivity index (χ4v) is 2.23. The second-order valence-electron chi connectivity index (χ2n) is 4.04. The monoisotopic (exact) mass is 295 g/mol. The third-order valence-corrected chi connectivity index (χ3v) is 3.65. The lowest BCUT2D eigenvalue weighted by atomic mass is 10.3. The van der Waals surface area contributed by atoms with Crippen LogP contribution in [0.3, 0.4) is 0 Å². The third-order valence-electron chi connectivity index (χ3n) is 2.37. The summed E-state index contributed by atoms with van der Waals surface area (Å²) in [7, 11) is 1.57. The molecule has 0 bridgehead atoms. The van der Waals surface area contributed by atoms with Gasteiger partial charge in [-0.15, -0.1) is 11.8 Å². The molecular formula is C14H17NO4S. The largest absolute Gasteiger partial charge is 0.511 e. The zero-order valence-corrected chi connectivity index (χ0v) is 12.4. The molecule has 1 amide bonds. The Labute approximate surface area is 122 Å². The van der Waals surface area contributed by atoms with Gasteiger partial charge in [-0.25, -0.2) is 0 Å². The summed E-state index contributed by atoms with van der Waals surface area (Å²) in [4.78, 5) is 23.2. The number of carbonyl (C=O) groups excluding carboxylic acids is 2. The van der Waals surface area contributed by atoms with Crippen molar-refractivity contribution < 1.29 is 19.4 Å². The van der Waals surface area contributed by atoms with Crippen molar-refractivity contribution >= 4 is 29.1 Å². The van der Waals surface area contributed by atoms with Gasteiger partial charge >= 0.3 is 0 Å². The Balaban J connectivity index is 2.55. The van der Waals surface area contributed by atoms with Gasteiger partial charge in [-0.2, -0.15) is 0 Å². The molecule has 0 saturated heterocycles. The Bertz CT molecular complexity index is 518. The fourth-order valence-electron chi connectivity index (χ4n) is 1.47. The first kappa shape index (κ1) is 16.1. The number of amides is 1. The second kappa shape index (κ2) is 7.59.